The van der Waals surface area contributed by atoms with E-state index in [1.54, 1.807) is 0 Å². The number of non-ortho nitro benzene ring substituents is 1. The van der Waals surface area contributed by atoms with Gasteiger partial charge in [0.2, 0.25) is 0 Å². The highest BCUT2D eigenvalue weighted by Crippen LogP contribution is 2.29. The third-order valence-corrected chi connectivity index (χ3v) is 3.15. The van der Waals surface area contributed by atoms with Gasteiger partial charge in [0.15, 0.2) is 0 Å². The first-order valence-electron chi connectivity index (χ1n) is 6.81. The molecule has 0 aliphatic heterocycles. The second-order valence-corrected chi connectivity index (χ2v) is 4.85. The van der Waals surface area contributed by atoms with Crippen LogP contribution in [0.2, 0.25) is 0 Å². The number of benzene rings is 1. The van der Waals surface area contributed by atoms with Gasteiger partial charge in [-0.05, 0) is 19.4 Å². The highest BCUT2D eigenvalue weighted by Gasteiger charge is 2.42. The maximum atomic E-state index is 11.9. The number of hydrogen-bond donors (Lipinski definition) is 0. The number of ether oxygens (including phenoxy) is 1. The predicted molar refractivity (Wildman–Crippen MR) is 78.6 cm³/mol. The summed E-state index contributed by atoms with van der Waals surface area (Å²) in [4.78, 5) is 44.0. The molecule has 0 spiro atoms. The summed E-state index contributed by atoms with van der Waals surface area (Å²) in [6.45, 7) is 2.68. The first-order valence-corrected chi connectivity index (χ1v) is 6.81. The minimum Gasteiger partial charge on any atom is -0.461 e. The van der Waals surface area contributed by atoms with E-state index in [0.717, 1.165) is 6.07 Å². The molecule has 9 nitrogen and oxygen atoms in total. The Hall–Kier alpha value is -2.84. The van der Waals surface area contributed by atoms with E-state index in [4.69, 9.17) is 4.74 Å². The van der Waals surface area contributed by atoms with Gasteiger partial charge in [-0.3, -0.25) is 20.2 Å². The summed E-state index contributed by atoms with van der Waals surface area (Å²) in [7, 11) is 0. The number of esters is 1. The van der Waals surface area contributed by atoms with Crippen LogP contribution in [0.4, 0.5) is 5.69 Å². The van der Waals surface area contributed by atoms with E-state index in [1.165, 1.54) is 32.0 Å². The molecule has 23 heavy (non-hydrogen) atoms. The number of nitro groups is 2. The van der Waals surface area contributed by atoms with Gasteiger partial charge in [-0.1, -0.05) is 12.1 Å². The number of hydrogen-bond acceptors (Lipinski definition) is 7. The summed E-state index contributed by atoms with van der Waals surface area (Å²) in [5, 5.41) is 22.1. The van der Waals surface area contributed by atoms with Crippen LogP contribution in [0.15, 0.2) is 24.3 Å². The number of ketones is 1. The molecule has 0 saturated heterocycles. The monoisotopic (exact) mass is 324 g/mol. The topological polar surface area (TPSA) is 130 Å². The van der Waals surface area contributed by atoms with Crippen molar-refractivity contribution in [3.63, 3.8) is 0 Å². The first-order chi connectivity index (χ1) is 10.8. The number of nitrogens with zero attached hydrogens (tertiary/aromatic N) is 2. The SMILES string of the molecule is CCOC(=O)C(C(CC(C)=O)c1cccc([N+](=O)[O-])c1)[N+](=O)[O-]. The number of rotatable bonds is 8. The first kappa shape index (κ1) is 18.2. The van der Waals surface area contributed by atoms with E-state index in [0.29, 0.717) is 0 Å². The molecular formula is C14H16N2O7. The van der Waals surface area contributed by atoms with Gasteiger partial charge >= 0.3 is 12.0 Å². The lowest BCUT2D eigenvalue weighted by atomic mass is 9.87. The summed E-state index contributed by atoms with van der Waals surface area (Å²) in [6.07, 6.45) is -0.300. The van der Waals surface area contributed by atoms with Gasteiger partial charge in [-0.25, -0.2) is 4.79 Å². The Balaban J connectivity index is 3.33. The van der Waals surface area contributed by atoms with Crippen molar-refractivity contribution in [3.05, 3.63) is 50.1 Å². The van der Waals surface area contributed by atoms with E-state index < -0.39 is 27.8 Å². The van der Waals surface area contributed by atoms with Gasteiger partial charge in [0.1, 0.15) is 5.78 Å². The third-order valence-electron chi connectivity index (χ3n) is 3.15. The van der Waals surface area contributed by atoms with Crippen LogP contribution in [0.3, 0.4) is 0 Å². The average Bonchev–Trinajstić information content (AvgIpc) is 2.46. The van der Waals surface area contributed by atoms with Gasteiger partial charge in [0.25, 0.3) is 5.69 Å². The van der Waals surface area contributed by atoms with Crippen LogP contribution < -0.4 is 0 Å². The molecule has 0 aromatic heterocycles. The van der Waals surface area contributed by atoms with Gasteiger partial charge < -0.3 is 9.53 Å². The molecule has 124 valence electrons. The number of carbonyl (C=O) groups is 2. The fraction of sp³-hybridized carbons (Fsp3) is 0.429. The normalized spacial score (nSPS) is 13.0. The van der Waals surface area contributed by atoms with Crippen LogP contribution in [-0.4, -0.2) is 34.2 Å². The Kier molecular flexibility index (Phi) is 6.31. The zero-order chi connectivity index (χ0) is 17.6. The lowest BCUT2D eigenvalue weighted by molar-refractivity contribution is -0.514. The number of Topliss-reactive ketones (excluding diaryl/α,β-unsaturated/α-hetero) is 1. The van der Waals surface area contributed by atoms with Gasteiger partial charge in [0, 0.05) is 23.5 Å². The molecule has 0 aliphatic rings. The molecular weight excluding hydrogens is 308 g/mol. The summed E-state index contributed by atoms with van der Waals surface area (Å²) in [5.74, 6) is -2.59. The molecule has 0 radical (unpaired) electrons. The molecule has 1 rings (SSSR count). The van der Waals surface area contributed by atoms with E-state index in [-0.39, 0.29) is 30.1 Å². The van der Waals surface area contributed by atoms with E-state index in [9.17, 15) is 29.8 Å². The van der Waals surface area contributed by atoms with Crippen LogP contribution in [0.25, 0.3) is 0 Å². The van der Waals surface area contributed by atoms with Gasteiger partial charge in [-0.2, -0.15) is 0 Å². The van der Waals surface area contributed by atoms with Crippen molar-refractivity contribution in [2.75, 3.05) is 6.61 Å². The molecule has 1 aromatic carbocycles. The lowest BCUT2D eigenvalue weighted by Gasteiger charge is -2.19. The number of nitro benzene ring substituents is 1. The summed E-state index contributed by atoms with van der Waals surface area (Å²) < 4.78 is 4.70. The zero-order valence-corrected chi connectivity index (χ0v) is 12.6. The molecule has 1 aromatic rings. The quantitative estimate of drug-likeness (QED) is 0.405. The Morgan fingerprint density at radius 2 is 1.91 bits per heavy atom. The Morgan fingerprint density at radius 1 is 1.26 bits per heavy atom. The second kappa shape index (κ2) is 7.97. The largest absolute Gasteiger partial charge is 0.461 e. The Labute approximate surface area is 131 Å². The van der Waals surface area contributed by atoms with Crippen molar-refractivity contribution < 1.29 is 24.2 Å². The van der Waals surface area contributed by atoms with Crippen LogP contribution in [0.1, 0.15) is 31.7 Å². The molecule has 0 fully saturated rings. The molecule has 0 aliphatic carbocycles. The molecule has 0 heterocycles. The van der Waals surface area contributed by atoms with Crippen molar-refractivity contribution in [2.24, 2.45) is 0 Å². The highest BCUT2D eigenvalue weighted by molar-refractivity contribution is 5.80. The van der Waals surface area contributed by atoms with Crippen molar-refractivity contribution in [1.29, 1.82) is 0 Å². The Bertz CT molecular complexity index is 629. The molecule has 0 amide bonds. The average molecular weight is 324 g/mol. The summed E-state index contributed by atoms with van der Waals surface area (Å²) in [5.41, 5.74) is -0.105. The number of carbonyl (C=O) groups excluding carboxylic acids is 2. The fourth-order valence-corrected chi connectivity index (χ4v) is 2.22. The summed E-state index contributed by atoms with van der Waals surface area (Å²) >= 11 is 0. The van der Waals surface area contributed by atoms with Crippen LogP contribution in [-0.2, 0) is 14.3 Å². The highest BCUT2D eigenvalue weighted by atomic mass is 16.6. The van der Waals surface area contributed by atoms with E-state index in [1.807, 2.05) is 0 Å². The smallest absolute Gasteiger partial charge is 0.382 e. The second-order valence-electron chi connectivity index (χ2n) is 4.85. The van der Waals surface area contributed by atoms with Crippen molar-refractivity contribution >= 4 is 17.4 Å². The maximum absolute atomic E-state index is 11.9. The predicted octanol–water partition coefficient (Wildman–Crippen LogP) is 1.87. The van der Waals surface area contributed by atoms with E-state index >= 15 is 0 Å². The van der Waals surface area contributed by atoms with Crippen molar-refractivity contribution in [2.45, 2.75) is 32.2 Å². The Morgan fingerprint density at radius 3 is 2.39 bits per heavy atom. The molecule has 0 saturated carbocycles. The molecule has 9 heteroatoms. The minimum atomic E-state index is -1.80. The van der Waals surface area contributed by atoms with E-state index in [2.05, 4.69) is 0 Å². The maximum Gasteiger partial charge on any atom is 0.382 e. The lowest BCUT2D eigenvalue weighted by Crippen LogP contribution is -2.38. The zero-order valence-electron chi connectivity index (χ0n) is 12.6. The standard InChI is InChI=1S/C14H16N2O7/c1-3-23-14(18)13(16(21)22)12(7-9(2)17)10-5-4-6-11(8-10)15(19)20/h4-6,8,12-13H,3,7H2,1-2H3. The van der Waals surface area contributed by atoms with Crippen LogP contribution >= 0.6 is 0 Å². The van der Waals surface area contributed by atoms with Gasteiger partial charge in [0.05, 0.1) is 17.4 Å². The summed E-state index contributed by atoms with van der Waals surface area (Å²) in [6, 6.07) is 3.31. The van der Waals surface area contributed by atoms with Gasteiger partial charge in [-0.15, -0.1) is 0 Å². The molecule has 0 N–H and O–H groups in total. The van der Waals surface area contributed by atoms with Crippen molar-refractivity contribution in [3.8, 4) is 0 Å². The van der Waals surface area contributed by atoms with Crippen molar-refractivity contribution in [1.82, 2.24) is 0 Å². The molecule has 2 atom stereocenters. The minimum absolute atomic E-state index is 0.0507. The molecule has 0 bridgehead atoms. The van der Waals surface area contributed by atoms with Crippen LogP contribution in [0, 0.1) is 20.2 Å². The molecule has 2 unspecified atom stereocenters. The third kappa shape index (κ3) is 4.83. The fourth-order valence-electron chi connectivity index (χ4n) is 2.22. The van der Waals surface area contributed by atoms with Crippen LogP contribution in [0.5, 0.6) is 0 Å².